The van der Waals surface area contributed by atoms with Crippen LogP contribution in [0.15, 0.2) is 100 Å². The first-order valence-electron chi connectivity index (χ1n) is 10.7. The molecule has 0 saturated carbocycles. The molecule has 190 valence electrons. The number of halogens is 4. The Balaban J connectivity index is 0.000000830. The maximum atomic E-state index is 11.4. The number of nitrogens with zero attached hydrogens (tertiary/aromatic N) is 3. The number of hydrogen-bond acceptors (Lipinski definition) is 4. The lowest BCUT2D eigenvalue weighted by molar-refractivity contribution is -0.462. The molecule has 0 aromatic heterocycles. The lowest BCUT2D eigenvalue weighted by Crippen LogP contribution is -2.09. The molecule has 0 saturated heterocycles. The minimum atomic E-state index is -6.00. The minimum absolute atomic E-state index is 0.118. The zero-order valence-corrected chi connectivity index (χ0v) is 21.1. The van der Waals surface area contributed by atoms with Crippen molar-refractivity contribution < 1.29 is 26.8 Å². The molecule has 1 aliphatic heterocycles. The summed E-state index contributed by atoms with van der Waals surface area (Å²) in [6, 6.07) is 8.16. The van der Waals surface area contributed by atoms with E-state index in [0.29, 0.717) is 0 Å². The van der Waals surface area contributed by atoms with Crippen molar-refractivity contribution in [3.8, 4) is 0 Å². The van der Waals surface area contributed by atoms with Gasteiger partial charge in [-0.25, -0.2) is 4.58 Å². The molecule has 1 aromatic carbocycles. The summed E-state index contributed by atoms with van der Waals surface area (Å²) in [5.74, 6) is 0. The maximum absolute atomic E-state index is 11.4. The number of benzene rings is 1. The van der Waals surface area contributed by atoms with Crippen LogP contribution in [0.3, 0.4) is 0 Å². The smallest absolute Gasteiger partial charge is 0.418 e. The van der Waals surface area contributed by atoms with Crippen LogP contribution in [-0.2, 0) is 0 Å². The van der Waals surface area contributed by atoms with Gasteiger partial charge in [-0.2, -0.15) is 0 Å². The first kappa shape index (κ1) is 28.6. The van der Waals surface area contributed by atoms with E-state index >= 15 is 0 Å². The fourth-order valence-electron chi connectivity index (χ4n) is 2.93. The first-order valence-corrected chi connectivity index (χ1v) is 11.5. The quantitative estimate of drug-likeness (QED) is 0.146. The van der Waals surface area contributed by atoms with Crippen molar-refractivity contribution in [3.05, 3.63) is 116 Å². The maximum Gasteiger partial charge on any atom is 0.673 e. The van der Waals surface area contributed by atoms with Crippen LogP contribution in [0, 0.1) is 10.1 Å². The summed E-state index contributed by atoms with van der Waals surface area (Å²) >= 11 is 1.17. The molecule has 11 heteroatoms. The van der Waals surface area contributed by atoms with Crippen molar-refractivity contribution in [2.75, 3.05) is 33.1 Å². The predicted molar refractivity (Wildman–Crippen MR) is 142 cm³/mol. The van der Waals surface area contributed by atoms with Crippen LogP contribution in [0.4, 0.5) is 23.0 Å². The first-order chi connectivity index (χ1) is 16.8. The molecule has 2 aliphatic rings. The van der Waals surface area contributed by atoms with Crippen molar-refractivity contribution in [2.45, 2.75) is 0 Å². The van der Waals surface area contributed by atoms with Crippen molar-refractivity contribution in [2.24, 2.45) is 0 Å². The number of hydrogen-bond donors (Lipinski definition) is 0. The molecule has 0 fully saturated rings. The minimum Gasteiger partial charge on any atom is -0.418 e. The Labute approximate surface area is 212 Å². The topological polar surface area (TPSA) is 49.4 Å². The third kappa shape index (κ3) is 10.3. The summed E-state index contributed by atoms with van der Waals surface area (Å²) < 4.78 is 41.0. The third-order valence-corrected chi connectivity index (χ3v) is 5.69. The van der Waals surface area contributed by atoms with Crippen molar-refractivity contribution in [3.63, 3.8) is 0 Å². The molecule has 1 aromatic rings. The van der Waals surface area contributed by atoms with Gasteiger partial charge >= 0.3 is 12.3 Å². The molecule has 0 N–H and O–H groups in total. The average molecular weight is 519 g/mol. The molecule has 1 aliphatic carbocycles. The highest BCUT2D eigenvalue weighted by Crippen LogP contribution is 2.34. The molecular formula is C25H26BF4N3O2S. The van der Waals surface area contributed by atoms with E-state index < -0.39 is 7.25 Å². The fraction of sp³-hybridized carbons (Fsp3) is 0.160. The molecule has 3 rings (SSSR count). The zero-order chi connectivity index (χ0) is 26.9. The highest BCUT2D eigenvalue weighted by molar-refractivity contribution is 8.06. The highest BCUT2D eigenvalue weighted by Gasteiger charge is 2.20. The van der Waals surface area contributed by atoms with Crippen molar-refractivity contribution in [1.29, 1.82) is 0 Å². The van der Waals surface area contributed by atoms with E-state index in [-0.39, 0.29) is 9.95 Å². The van der Waals surface area contributed by atoms with E-state index in [0.717, 1.165) is 33.0 Å². The van der Waals surface area contributed by atoms with Crippen molar-refractivity contribution in [1.82, 2.24) is 0 Å². The monoisotopic (exact) mass is 519 g/mol. The number of nitro groups is 1. The molecule has 0 bridgehead atoms. The number of thioether (sulfide) groups is 1. The summed E-state index contributed by atoms with van der Waals surface area (Å²) in [4.78, 5) is 13.9. The van der Waals surface area contributed by atoms with E-state index in [1.807, 2.05) is 117 Å². The van der Waals surface area contributed by atoms with Crippen LogP contribution in [0.1, 0.15) is 5.56 Å². The summed E-state index contributed by atoms with van der Waals surface area (Å²) in [5, 5.41) is 11.5. The van der Waals surface area contributed by atoms with Gasteiger partial charge < -0.3 is 22.2 Å². The Hall–Kier alpha value is -3.60. The Morgan fingerprint density at radius 1 is 0.917 bits per heavy atom. The molecule has 1 heterocycles. The number of allylic oxidation sites excluding steroid dienone is 11. The third-order valence-electron chi connectivity index (χ3n) is 4.73. The average Bonchev–Trinajstić information content (AvgIpc) is 2.80. The Kier molecular flexibility index (Phi) is 10.3. The molecule has 0 radical (unpaired) electrons. The second kappa shape index (κ2) is 12.9. The summed E-state index contributed by atoms with van der Waals surface area (Å²) in [7, 11) is 2.00. The van der Waals surface area contributed by atoms with Gasteiger partial charge in [0.15, 0.2) is 5.71 Å². The van der Waals surface area contributed by atoms with Crippen LogP contribution >= 0.6 is 11.8 Å². The zero-order valence-electron chi connectivity index (χ0n) is 20.2. The molecular weight excluding hydrogens is 493 g/mol. The Morgan fingerprint density at radius 2 is 1.50 bits per heavy atom. The van der Waals surface area contributed by atoms with Crippen molar-refractivity contribution >= 4 is 36.5 Å². The van der Waals surface area contributed by atoms with Gasteiger partial charge in [0, 0.05) is 42.9 Å². The van der Waals surface area contributed by atoms with Crippen LogP contribution in [0.2, 0.25) is 0 Å². The van der Waals surface area contributed by atoms with Crippen LogP contribution < -0.4 is 4.90 Å². The van der Waals surface area contributed by atoms with E-state index in [1.54, 1.807) is 6.08 Å². The van der Waals surface area contributed by atoms with Crippen LogP contribution in [-0.4, -0.2) is 50.7 Å². The van der Waals surface area contributed by atoms with Gasteiger partial charge in [0.1, 0.15) is 14.1 Å². The molecule has 36 heavy (non-hydrogen) atoms. The van der Waals surface area contributed by atoms with Gasteiger partial charge in [0.05, 0.1) is 4.92 Å². The molecule has 0 amide bonds. The SMILES string of the molecule is CN(C)c1ccc(C=CC2=C/C(=C\C=C3C=CC(=[N+](C)C)C=C3)SC([N+](=O)[O-])=C2)cc1.F[B-](F)(F)F. The lowest BCUT2D eigenvalue weighted by atomic mass is 10.1. The van der Waals surface area contributed by atoms with Crippen LogP contribution in [0.5, 0.6) is 0 Å². The van der Waals surface area contributed by atoms with Gasteiger partial charge in [0.2, 0.25) is 0 Å². The summed E-state index contributed by atoms with van der Waals surface area (Å²) in [5.41, 5.74) is 5.13. The van der Waals surface area contributed by atoms with Gasteiger partial charge in [-0.3, -0.25) is 10.1 Å². The summed E-state index contributed by atoms with van der Waals surface area (Å²) in [6.45, 7) is 0. The normalized spacial score (nSPS) is 16.4. The van der Waals surface area contributed by atoms with E-state index in [4.69, 9.17) is 0 Å². The van der Waals surface area contributed by atoms with Gasteiger partial charge in [0.25, 0.3) is 0 Å². The second-order valence-electron chi connectivity index (χ2n) is 8.02. The van der Waals surface area contributed by atoms with Gasteiger partial charge in [-0.1, -0.05) is 30.4 Å². The van der Waals surface area contributed by atoms with Gasteiger partial charge in [-0.05, 0) is 64.9 Å². The van der Waals surface area contributed by atoms with Gasteiger partial charge in [-0.15, -0.1) is 0 Å². The molecule has 0 atom stereocenters. The summed E-state index contributed by atoms with van der Waals surface area (Å²) in [6.07, 6.45) is 19.5. The van der Waals surface area contributed by atoms with E-state index in [1.165, 1.54) is 11.8 Å². The Morgan fingerprint density at radius 3 is 2.00 bits per heavy atom. The molecule has 0 spiro atoms. The number of anilines is 1. The van der Waals surface area contributed by atoms with Crippen LogP contribution in [0.25, 0.3) is 6.08 Å². The van der Waals surface area contributed by atoms with E-state index in [2.05, 4.69) is 0 Å². The lowest BCUT2D eigenvalue weighted by Gasteiger charge is -2.12. The Bertz CT molecular complexity index is 1190. The highest BCUT2D eigenvalue weighted by atomic mass is 32.2. The molecule has 5 nitrogen and oxygen atoms in total. The second-order valence-corrected chi connectivity index (χ2v) is 9.12. The number of rotatable bonds is 5. The molecule has 0 unspecified atom stereocenters. The van der Waals surface area contributed by atoms with E-state index in [9.17, 15) is 27.4 Å². The standard InChI is InChI=1S/C25H26N3O2S.BF4/c1-26(2)22-12-7-19(8-13-22)5-6-21-17-24(31-25(18-21)28(29)30)16-11-20-9-14-23(15-10-20)27(3)4;2-1(3,4)5/h5-18H,1-4H3;/q+1;-1. The largest absolute Gasteiger partial charge is 0.673 e. The predicted octanol–water partition coefficient (Wildman–Crippen LogP) is 6.51. The fourth-order valence-corrected chi connectivity index (χ4v) is 3.78.